The molecule has 0 heterocycles. The van der Waals surface area contributed by atoms with Gasteiger partial charge in [0.2, 0.25) is 5.91 Å². The summed E-state index contributed by atoms with van der Waals surface area (Å²) < 4.78 is 5.46. The van der Waals surface area contributed by atoms with Gasteiger partial charge in [-0.1, -0.05) is 68.5 Å². The Balaban J connectivity index is 1.37. The Morgan fingerprint density at radius 3 is 2.21 bits per heavy atom. The fourth-order valence-electron chi connectivity index (χ4n) is 4.11. The molecule has 1 aliphatic carbocycles. The molecule has 0 atom stereocenters. The minimum absolute atomic E-state index is 0.000723. The van der Waals surface area contributed by atoms with Gasteiger partial charge in [-0.15, -0.1) is 0 Å². The van der Waals surface area contributed by atoms with E-state index in [4.69, 9.17) is 9.84 Å². The van der Waals surface area contributed by atoms with Gasteiger partial charge in [0.15, 0.2) is 0 Å². The van der Waals surface area contributed by atoms with E-state index in [0.717, 1.165) is 11.1 Å². The molecule has 0 fully saturated rings. The molecule has 2 amide bonds. The third-order valence-electron chi connectivity index (χ3n) is 6.09. The van der Waals surface area contributed by atoms with Crippen LogP contribution in [-0.2, 0) is 14.3 Å². The van der Waals surface area contributed by atoms with Crippen molar-refractivity contribution in [1.29, 1.82) is 0 Å². The van der Waals surface area contributed by atoms with Crippen LogP contribution in [-0.4, -0.2) is 42.8 Å². The lowest BCUT2D eigenvalue weighted by Crippen LogP contribution is -2.28. The monoisotopic (exact) mass is 464 g/mol. The number of fused-ring (bicyclic) bond motifs is 3. The van der Waals surface area contributed by atoms with Gasteiger partial charge >= 0.3 is 12.1 Å². The third-order valence-corrected chi connectivity index (χ3v) is 6.09. The Hall–Kier alpha value is -3.61. The second-order valence-electron chi connectivity index (χ2n) is 9.21. The van der Waals surface area contributed by atoms with Gasteiger partial charge < -0.3 is 20.5 Å². The van der Waals surface area contributed by atoms with E-state index in [1.165, 1.54) is 17.2 Å². The van der Waals surface area contributed by atoms with Gasteiger partial charge in [0, 0.05) is 31.5 Å². The molecule has 7 nitrogen and oxygen atoms in total. The van der Waals surface area contributed by atoms with Crippen LogP contribution in [0, 0.1) is 5.41 Å². The number of amides is 2. The summed E-state index contributed by atoms with van der Waals surface area (Å²) >= 11 is 0. The highest BCUT2D eigenvalue weighted by molar-refractivity contribution is 5.87. The largest absolute Gasteiger partial charge is 0.481 e. The molecule has 0 saturated heterocycles. The number of ether oxygens (including phenoxy) is 1. The number of hydrogen-bond donors (Lipinski definition) is 3. The lowest BCUT2D eigenvalue weighted by atomic mass is 9.84. The van der Waals surface area contributed by atoms with E-state index < -0.39 is 12.1 Å². The van der Waals surface area contributed by atoms with Crippen LogP contribution >= 0.6 is 0 Å². The minimum atomic E-state index is -0.816. The van der Waals surface area contributed by atoms with Crippen LogP contribution in [0.2, 0.25) is 0 Å². The van der Waals surface area contributed by atoms with Crippen molar-refractivity contribution in [1.82, 2.24) is 10.6 Å². The van der Waals surface area contributed by atoms with E-state index in [2.05, 4.69) is 34.9 Å². The number of aliphatic carboxylic acids is 1. The van der Waals surface area contributed by atoms with Crippen LogP contribution < -0.4 is 10.6 Å². The van der Waals surface area contributed by atoms with E-state index in [1.807, 2.05) is 38.1 Å². The number of alkyl carbamates (subject to hydrolysis) is 1. The van der Waals surface area contributed by atoms with Gasteiger partial charge in [-0.25, -0.2) is 4.79 Å². The quantitative estimate of drug-likeness (QED) is 0.425. The molecule has 3 rings (SSSR count). The SMILES string of the molecule is CC(C)(CCNC(=O)/C=C/CNC(=O)OCC1c2ccccc2-c2ccccc21)CCC(=O)O. The van der Waals surface area contributed by atoms with Crippen molar-refractivity contribution >= 4 is 18.0 Å². The minimum Gasteiger partial charge on any atom is -0.481 e. The molecule has 180 valence electrons. The molecule has 0 unspecified atom stereocenters. The van der Waals surface area contributed by atoms with Crippen LogP contribution in [0.15, 0.2) is 60.7 Å². The van der Waals surface area contributed by atoms with Gasteiger partial charge in [0.25, 0.3) is 0 Å². The maximum absolute atomic E-state index is 12.2. The predicted octanol–water partition coefficient (Wildman–Crippen LogP) is 4.48. The van der Waals surface area contributed by atoms with Crippen molar-refractivity contribution < 1.29 is 24.2 Å². The van der Waals surface area contributed by atoms with E-state index in [-0.39, 0.29) is 36.8 Å². The lowest BCUT2D eigenvalue weighted by Gasteiger charge is -2.23. The molecule has 0 aromatic heterocycles. The van der Waals surface area contributed by atoms with Gasteiger partial charge in [-0.05, 0) is 40.5 Å². The first-order valence-electron chi connectivity index (χ1n) is 11.5. The summed E-state index contributed by atoms with van der Waals surface area (Å²) in [6, 6.07) is 16.3. The highest BCUT2D eigenvalue weighted by Crippen LogP contribution is 2.44. The van der Waals surface area contributed by atoms with Crippen molar-refractivity contribution in [3.8, 4) is 11.1 Å². The molecule has 2 aromatic rings. The highest BCUT2D eigenvalue weighted by atomic mass is 16.5. The zero-order valence-corrected chi connectivity index (χ0v) is 19.7. The molecule has 0 saturated carbocycles. The number of carbonyl (C=O) groups is 3. The Morgan fingerprint density at radius 2 is 1.59 bits per heavy atom. The molecule has 0 radical (unpaired) electrons. The highest BCUT2D eigenvalue weighted by Gasteiger charge is 2.28. The number of carbonyl (C=O) groups excluding carboxylic acids is 2. The molecule has 34 heavy (non-hydrogen) atoms. The average Bonchev–Trinajstić information content (AvgIpc) is 3.13. The first-order valence-corrected chi connectivity index (χ1v) is 11.5. The molecule has 0 aliphatic heterocycles. The summed E-state index contributed by atoms with van der Waals surface area (Å²) in [6.07, 6.45) is 3.74. The van der Waals surface area contributed by atoms with E-state index in [1.54, 1.807) is 6.08 Å². The lowest BCUT2D eigenvalue weighted by molar-refractivity contribution is -0.137. The molecule has 1 aliphatic rings. The first-order chi connectivity index (χ1) is 16.3. The summed E-state index contributed by atoms with van der Waals surface area (Å²) in [7, 11) is 0. The molecular formula is C27H32N2O5. The first kappa shape index (κ1) is 25.0. The Bertz CT molecular complexity index is 1010. The van der Waals surface area contributed by atoms with E-state index in [9.17, 15) is 14.4 Å². The number of rotatable bonds is 11. The van der Waals surface area contributed by atoms with E-state index in [0.29, 0.717) is 19.4 Å². The van der Waals surface area contributed by atoms with Gasteiger partial charge in [-0.2, -0.15) is 0 Å². The number of carboxylic acid groups (broad SMARTS) is 1. The van der Waals surface area contributed by atoms with Gasteiger partial charge in [0.05, 0.1) is 0 Å². The van der Waals surface area contributed by atoms with Crippen LogP contribution in [0.1, 0.15) is 50.2 Å². The fraction of sp³-hybridized carbons (Fsp3) is 0.370. The number of carboxylic acids is 1. The molecular weight excluding hydrogens is 432 g/mol. The predicted molar refractivity (Wildman–Crippen MR) is 130 cm³/mol. The average molecular weight is 465 g/mol. The number of hydrogen-bond acceptors (Lipinski definition) is 4. The molecule has 7 heteroatoms. The topological polar surface area (TPSA) is 105 Å². The van der Waals surface area contributed by atoms with E-state index >= 15 is 0 Å². The number of benzene rings is 2. The van der Waals surface area contributed by atoms with Crippen LogP contribution in [0.5, 0.6) is 0 Å². The summed E-state index contributed by atoms with van der Waals surface area (Å²) in [5.41, 5.74) is 4.48. The van der Waals surface area contributed by atoms with Crippen molar-refractivity contribution in [3.05, 3.63) is 71.8 Å². The Labute approximate surface area is 200 Å². The Morgan fingerprint density at radius 1 is 0.971 bits per heavy atom. The smallest absolute Gasteiger partial charge is 0.407 e. The Kier molecular flexibility index (Phi) is 8.46. The maximum atomic E-state index is 12.2. The van der Waals surface area contributed by atoms with Gasteiger partial charge in [0.1, 0.15) is 6.61 Å². The zero-order valence-electron chi connectivity index (χ0n) is 19.7. The summed E-state index contributed by atoms with van der Waals surface area (Å²) in [4.78, 5) is 34.8. The summed E-state index contributed by atoms with van der Waals surface area (Å²) in [6.45, 7) is 4.83. The molecule has 0 bridgehead atoms. The fourth-order valence-corrected chi connectivity index (χ4v) is 4.11. The molecule has 2 aromatic carbocycles. The molecule has 0 spiro atoms. The van der Waals surface area contributed by atoms with Crippen molar-refractivity contribution in [2.75, 3.05) is 19.7 Å². The maximum Gasteiger partial charge on any atom is 0.407 e. The standard InChI is InChI=1S/C27H32N2O5/c1-27(2,14-13-25(31)32)15-17-28-24(30)12-7-16-29-26(33)34-18-23-21-10-5-3-8-19(21)20-9-4-6-11-22(20)23/h3-12,23H,13-18H2,1-2H3,(H,28,30)(H,29,33)(H,31,32)/b12-7+. The zero-order chi connectivity index (χ0) is 24.6. The second-order valence-corrected chi connectivity index (χ2v) is 9.21. The second kappa shape index (κ2) is 11.5. The van der Waals surface area contributed by atoms with Crippen molar-refractivity contribution in [3.63, 3.8) is 0 Å². The van der Waals surface area contributed by atoms with Crippen LogP contribution in [0.4, 0.5) is 4.79 Å². The summed E-state index contributed by atoms with van der Waals surface area (Å²) in [5.74, 6) is -1.08. The normalized spacial score (nSPS) is 12.8. The molecule has 3 N–H and O–H groups in total. The van der Waals surface area contributed by atoms with Crippen LogP contribution in [0.3, 0.4) is 0 Å². The van der Waals surface area contributed by atoms with Crippen molar-refractivity contribution in [2.45, 2.75) is 39.0 Å². The van der Waals surface area contributed by atoms with Crippen molar-refractivity contribution in [2.24, 2.45) is 5.41 Å². The van der Waals surface area contributed by atoms with Crippen LogP contribution in [0.25, 0.3) is 11.1 Å². The number of nitrogens with one attached hydrogen (secondary N) is 2. The van der Waals surface area contributed by atoms with Gasteiger partial charge in [-0.3, -0.25) is 9.59 Å². The summed E-state index contributed by atoms with van der Waals surface area (Å²) in [5, 5.41) is 14.2. The third kappa shape index (κ3) is 6.94.